The number of ether oxygens (including phenoxy) is 6. The number of morpholine rings is 1. The molecule has 1 unspecified atom stereocenters. The van der Waals surface area contributed by atoms with Crippen molar-refractivity contribution >= 4 is 16.8 Å². The van der Waals surface area contributed by atoms with Crippen molar-refractivity contribution in [1.29, 1.82) is 0 Å². The van der Waals surface area contributed by atoms with Gasteiger partial charge in [0.2, 0.25) is 0 Å². The summed E-state index contributed by atoms with van der Waals surface area (Å²) in [6, 6.07) is 24.2. The first-order chi connectivity index (χ1) is 27.7. The molecule has 0 N–H and O–H groups in total. The number of alkyl halides is 3. The lowest BCUT2D eigenvalue weighted by Crippen LogP contribution is -2.47. The number of nitrogens with zero attached hydrogens (tertiary/aromatic N) is 1. The highest BCUT2D eigenvalue weighted by Gasteiger charge is 2.50. The van der Waals surface area contributed by atoms with Crippen LogP contribution in [0.1, 0.15) is 78.3 Å². The summed E-state index contributed by atoms with van der Waals surface area (Å²) >= 11 is 0. The van der Waals surface area contributed by atoms with Gasteiger partial charge in [-0.15, -0.1) is 0 Å². The van der Waals surface area contributed by atoms with Crippen molar-refractivity contribution < 1.29 is 41.6 Å². The monoisotopic (exact) mass is 775 g/mol. The van der Waals surface area contributed by atoms with Crippen LogP contribution in [0.2, 0.25) is 0 Å². The Kier molecular flexibility index (Phi) is 8.71. The van der Waals surface area contributed by atoms with E-state index in [2.05, 4.69) is 17.1 Å². The zero-order valence-electron chi connectivity index (χ0n) is 32.0. The number of halogens is 3. The van der Waals surface area contributed by atoms with Crippen LogP contribution in [-0.2, 0) is 21.9 Å². The van der Waals surface area contributed by atoms with Crippen LogP contribution in [-0.4, -0.2) is 51.8 Å². The van der Waals surface area contributed by atoms with E-state index in [0.29, 0.717) is 43.6 Å². The molecule has 7 nitrogen and oxygen atoms in total. The number of hydrogen-bond acceptors (Lipinski definition) is 7. The number of hydrogen-bond donors (Lipinski definition) is 0. The lowest BCUT2D eigenvalue weighted by molar-refractivity contribution is -0.137. The topological polar surface area (TPSA) is 58.6 Å². The predicted octanol–water partition coefficient (Wildman–Crippen LogP) is 10.6. The zero-order valence-corrected chi connectivity index (χ0v) is 32.0. The van der Waals surface area contributed by atoms with Gasteiger partial charge < -0.3 is 28.4 Å². The van der Waals surface area contributed by atoms with Crippen molar-refractivity contribution in [3.05, 3.63) is 118 Å². The number of rotatable bonds is 5. The Bertz CT molecular complexity index is 2330. The Balaban J connectivity index is 1.25. The van der Waals surface area contributed by atoms with Gasteiger partial charge in [0.25, 0.3) is 0 Å². The largest absolute Gasteiger partial charge is 0.497 e. The lowest BCUT2D eigenvalue weighted by Gasteiger charge is -2.40. The Labute approximate surface area is 329 Å². The third-order valence-corrected chi connectivity index (χ3v) is 12.8. The lowest BCUT2D eigenvalue weighted by atomic mass is 9.67. The second kappa shape index (κ2) is 13.7. The Morgan fingerprint density at radius 2 is 1.32 bits per heavy atom. The van der Waals surface area contributed by atoms with E-state index in [-0.39, 0.29) is 0 Å². The number of fused-ring (bicyclic) bond motifs is 11. The van der Waals surface area contributed by atoms with E-state index in [4.69, 9.17) is 28.4 Å². The minimum absolute atomic E-state index is 0.584. The molecule has 1 atom stereocenters. The fraction of sp³-hybridized carbons (Fsp3) is 0.362. The zero-order chi connectivity index (χ0) is 38.9. The first-order valence-corrected chi connectivity index (χ1v) is 20.0. The van der Waals surface area contributed by atoms with Crippen molar-refractivity contribution in [3.8, 4) is 39.9 Å². The SMILES string of the molecule is COc1ccc(C2(c3ccc(OC)cc3)C=Cc3c4c(c5cc6c(cc5c3O2)OC(N2CCOCC2)O6)-c2ccc(C(F)(F)F)cc2C42CCCCCCC2)cc1. The second-order valence-electron chi connectivity index (χ2n) is 15.8. The molecule has 1 saturated carbocycles. The minimum atomic E-state index is -4.48. The molecule has 5 aliphatic rings. The summed E-state index contributed by atoms with van der Waals surface area (Å²) in [7, 11) is 3.28. The Hall–Kier alpha value is -5.19. The van der Waals surface area contributed by atoms with Gasteiger partial charge in [-0.25, -0.2) is 4.90 Å². The molecule has 3 heterocycles. The summed E-state index contributed by atoms with van der Waals surface area (Å²) in [6.07, 6.45) is 5.66. The average molecular weight is 776 g/mol. The molecule has 0 bridgehead atoms. The van der Waals surface area contributed by atoms with Crippen LogP contribution < -0.4 is 23.7 Å². The van der Waals surface area contributed by atoms with Crippen molar-refractivity contribution in [2.24, 2.45) is 0 Å². The van der Waals surface area contributed by atoms with Crippen molar-refractivity contribution in [1.82, 2.24) is 4.90 Å². The van der Waals surface area contributed by atoms with E-state index < -0.39 is 29.2 Å². The van der Waals surface area contributed by atoms with Gasteiger partial charge >= 0.3 is 12.6 Å². The van der Waals surface area contributed by atoms with Crippen molar-refractivity contribution in [2.75, 3.05) is 40.5 Å². The van der Waals surface area contributed by atoms with E-state index in [1.807, 2.05) is 60.7 Å². The van der Waals surface area contributed by atoms with Crippen LogP contribution in [0.4, 0.5) is 13.2 Å². The summed E-state index contributed by atoms with van der Waals surface area (Å²) < 4.78 is 81.0. The van der Waals surface area contributed by atoms with Crippen molar-refractivity contribution in [2.45, 2.75) is 68.6 Å². The molecule has 1 spiro atoms. The van der Waals surface area contributed by atoms with Crippen molar-refractivity contribution in [3.63, 3.8) is 0 Å². The summed E-state index contributed by atoms with van der Waals surface area (Å²) in [4.78, 5) is 2.11. The van der Waals surface area contributed by atoms with Crippen LogP contribution in [0.25, 0.3) is 28.0 Å². The second-order valence-corrected chi connectivity index (χ2v) is 15.8. The molecule has 10 heteroatoms. The summed E-state index contributed by atoms with van der Waals surface area (Å²) in [5, 5.41) is 1.67. The van der Waals surface area contributed by atoms with Crippen LogP contribution in [0.5, 0.6) is 28.7 Å². The van der Waals surface area contributed by atoms with E-state index in [1.54, 1.807) is 20.3 Å². The third-order valence-electron chi connectivity index (χ3n) is 12.8. The fourth-order valence-corrected chi connectivity index (χ4v) is 9.94. The molecule has 1 saturated heterocycles. The van der Waals surface area contributed by atoms with E-state index in [9.17, 15) is 13.2 Å². The van der Waals surface area contributed by atoms with E-state index >= 15 is 0 Å². The molecule has 5 aromatic rings. The van der Waals surface area contributed by atoms with E-state index in [0.717, 1.165) is 106 Å². The predicted molar refractivity (Wildman–Crippen MR) is 211 cm³/mol. The minimum Gasteiger partial charge on any atom is -0.497 e. The van der Waals surface area contributed by atoms with Gasteiger partial charge in [0, 0.05) is 40.6 Å². The quantitative estimate of drug-likeness (QED) is 0.176. The first kappa shape index (κ1) is 36.2. The van der Waals surface area contributed by atoms with Crippen LogP contribution in [0, 0.1) is 0 Å². The molecule has 294 valence electrons. The Morgan fingerprint density at radius 3 is 1.91 bits per heavy atom. The molecule has 2 fully saturated rings. The molecular weight excluding hydrogens is 732 g/mol. The molecule has 5 aromatic carbocycles. The van der Waals surface area contributed by atoms with Gasteiger partial charge in [-0.3, -0.25) is 0 Å². The average Bonchev–Trinajstić information content (AvgIpc) is 3.78. The van der Waals surface area contributed by atoms with Crippen LogP contribution >= 0.6 is 0 Å². The summed E-state index contributed by atoms with van der Waals surface area (Å²) in [6.45, 7) is 2.50. The molecule has 0 radical (unpaired) electrons. The fourth-order valence-electron chi connectivity index (χ4n) is 9.94. The Morgan fingerprint density at radius 1 is 0.719 bits per heavy atom. The molecular formula is C47H44F3NO6. The maximum atomic E-state index is 14.6. The van der Waals surface area contributed by atoms with E-state index in [1.165, 1.54) is 12.1 Å². The van der Waals surface area contributed by atoms with Gasteiger partial charge in [-0.2, -0.15) is 13.2 Å². The van der Waals surface area contributed by atoms with Gasteiger partial charge in [-0.1, -0.05) is 68.5 Å². The van der Waals surface area contributed by atoms with Gasteiger partial charge in [0.05, 0.1) is 33.0 Å². The van der Waals surface area contributed by atoms with Crippen LogP contribution in [0.15, 0.2) is 84.9 Å². The first-order valence-electron chi connectivity index (χ1n) is 20.0. The molecule has 0 aromatic heterocycles. The number of benzene rings is 5. The highest BCUT2D eigenvalue weighted by Crippen LogP contribution is 2.63. The molecule has 0 amide bonds. The standard InChI is InChI=1S/C47H44F3NO6/c1-52-32-13-8-29(9-14-32)46(30-10-15-33(53-2)16-11-30)21-18-35-42-41(34-17-12-31(47(48,49)50)26-38(34)45(42)19-6-4-3-5-7-20-45)36-27-39-40(28-37(36)43(35)57-46)56-44(55-39)51-22-24-54-25-23-51/h8-18,21,26-28,44H,3-7,19-20,22-25H2,1-2H3. The third kappa shape index (κ3) is 5.77. The normalized spacial score (nSPS) is 20.6. The smallest absolute Gasteiger partial charge is 0.416 e. The molecule has 2 aliphatic carbocycles. The molecule has 3 aliphatic heterocycles. The van der Waals surface area contributed by atoms with Gasteiger partial charge in [0.15, 0.2) is 17.1 Å². The van der Waals surface area contributed by atoms with Gasteiger partial charge in [-0.05, 0) is 95.1 Å². The maximum Gasteiger partial charge on any atom is 0.416 e. The highest BCUT2D eigenvalue weighted by atomic mass is 19.4. The summed E-state index contributed by atoms with van der Waals surface area (Å²) in [5.74, 6) is 3.28. The maximum absolute atomic E-state index is 14.6. The van der Waals surface area contributed by atoms with Crippen LogP contribution in [0.3, 0.4) is 0 Å². The number of methoxy groups -OCH3 is 2. The summed E-state index contributed by atoms with van der Waals surface area (Å²) in [5.41, 5.74) is 3.89. The highest BCUT2D eigenvalue weighted by molar-refractivity contribution is 6.09. The molecule has 10 rings (SSSR count). The molecule has 57 heavy (non-hydrogen) atoms. The van der Waals surface area contributed by atoms with Gasteiger partial charge in [0.1, 0.15) is 17.2 Å².